The Hall–Kier alpha value is -0.810. The third kappa shape index (κ3) is 3.51. The molecule has 1 saturated carbocycles. The topological polar surface area (TPSA) is 61.8 Å². The fourth-order valence-electron chi connectivity index (χ4n) is 4.05. The number of amides is 2. The van der Waals surface area contributed by atoms with E-state index < -0.39 is 0 Å². The highest BCUT2D eigenvalue weighted by atomic mass is 16.5. The SMILES string of the molecule is C[C@@H]1C[C@H](O)CN(C(=O)NCC2CCOC3(CCC3)C2)C1. The Labute approximate surface area is 127 Å². The molecule has 1 spiro atoms. The van der Waals surface area contributed by atoms with Gasteiger partial charge < -0.3 is 20.1 Å². The predicted octanol–water partition coefficient (Wildman–Crippen LogP) is 1.75. The van der Waals surface area contributed by atoms with Gasteiger partial charge in [-0.25, -0.2) is 4.79 Å². The quantitative estimate of drug-likeness (QED) is 0.816. The molecule has 0 aromatic heterocycles. The fourth-order valence-corrected chi connectivity index (χ4v) is 4.05. The van der Waals surface area contributed by atoms with Crippen LogP contribution in [0.1, 0.15) is 45.4 Å². The molecule has 0 aromatic rings. The van der Waals surface area contributed by atoms with Crippen molar-refractivity contribution < 1.29 is 14.6 Å². The minimum atomic E-state index is -0.374. The summed E-state index contributed by atoms with van der Waals surface area (Å²) in [6, 6.07) is -0.0187. The largest absolute Gasteiger partial charge is 0.391 e. The van der Waals surface area contributed by atoms with Crippen LogP contribution in [0.15, 0.2) is 0 Å². The van der Waals surface area contributed by atoms with Crippen molar-refractivity contribution in [3.63, 3.8) is 0 Å². The van der Waals surface area contributed by atoms with E-state index >= 15 is 0 Å². The average Bonchev–Trinajstić information content (AvgIpc) is 2.42. The molecule has 3 atom stereocenters. The van der Waals surface area contributed by atoms with E-state index in [1.807, 2.05) is 0 Å². The maximum Gasteiger partial charge on any atom is 0.317 e. The smallest absolute Gasteiger partial charge is 0.317 e. The minimum absolute atomic E-state index is 0.0187. The molecule has 0 aromatic carbocycles. The van der Waals surface area contributed by atoms with Crippen LogP contribution in [0.25, 0.3) is 0 Å². The molecule has 120 valence electrons. The maximum atomic E-state index is 12.2. The van der Waals surface area contributed by atoms with Crippen LogP contribution in [0.2, 0.25) is 0 Å². The summed E-state index contributed by atoms with van der Waals surface area (Å²) in [5, 5.41) is 12.9. The molecular weight excluding hydrogens is 268 g/mol. The van der Waals surface area contributed by atoms with Crippen molar-refractivity contribution in [3.8, 4) is 0 Å². The van der Waals surface area contributed by atoms with Gasteiger partial charge in [-0.15, -0.1) is 0 Å². The normalized spacial score (nSPS) is 35.3. The molecule has 0 radical (unpaired) electrons. The number of carbonyl (C=O) groups excluding carboxylic acids is 1. The second-order valence-corrected chi connectivity index (χ2v) is 7.33. The van der Waals surface area contributed by atoms with Crippen molar-refractivity contribution in [3.05, 3.63) is 0 Å². The Morgan fingerprint density at radius 1 is 1.43 bits per heavy atom. The second kappa shape index (κ2) is 6.13. The number of nitrogens with one attached hydrogen (secondary N) is 1. The highest BCUT2D eigenvalue weighted by molar-refractivity contribution is 5.74. The van der Waals surface area contributed by atoms with Gasteiger partial charge in [0.25, 0.3) is 0 Å². The van der Waals surface area contributed by atoms with Gasteiger partial charge in [0.1, 0.15) is 0 Å². The zero-order valence-electron chi connectivity index (χ0n) is 13.0. The van der Waals surface area contributed by atoms with E-state index in [1.54, 1.807) is 4.90 Å². The highest BCUT2D eigenvalue weighted by Gasteiger charge is 2.42. The summed E-state index contributed by atoms with van der Waals surface area (Å²) < 4.78 is 5.93. The number of likely N-dealkylation sites (tertiary alicyclic amines) is 1. The fraction of sp³-hybridized carbons (Fsp3) is 0.938. The summed E-state index contributed by atoms with van der Waals surface area (Å²) in [5.74, 6) is 0.913. The lowest BCUT2D eigenvalue weighted by Crippen LogP contribution is -2.52. The van der Waals surface area contributed by atoms with Gasteiger partial charge in [0.2, 0.25) is 0 Å². The Morgan fingerprint density at radius 2 is 2.24 bits per heavy atom. The summed E-state index contributed by atoms with van der Waals surface area (Å²) in [7, 11) is 0. The molecule has 5 nitrogen and oxygen atoms in total. The van der Waals surface area contributed by atoms with Gasteiger partial charge in [0.05, 0.1) is 11.7 Å². The lowest BCUT2D eigenvalue weighted by atomic mass is 9.72. The van der Waals surface area contributed by atoms with Gasteiger partial charge in [-0.05, 0) is 50.4 Å². The molecule has 2 saturated heterocycles. The number of carbonyl (C=O) groups is 1. The molecule has 21 heavy (non-hydrogen) atoms. The number of aliphatic hydroxyl groups excluding tert-OH is 1. The van der Waals surface area contributed by atoms with E-state index in [0.29, 0.717) is 18.4 Å². The minimum Gasteiger partial charge on any atom is -0.391 e. The Kier molecular flexibility index (Phi) is 4.41. The Morgan fingerprint density at radius 3 is 2.90 bits per heavy atom. The summed E-state index contributed by atoms with van der Waals surface area (Å²) in [6.07, 6.45) is 6.21. The first kappa shape index (κ1) is 15.1. The molecule has 1 unspecified atom stereocenters. The number of hydrogen-bond acceptors (Lipinski definition) is 3. The Balaban J connectivity index is 1.45. The van der Waals surface area contributed by atoms with Crippen LogP contribution in [0, 0.1) is 11.8 Å². The van der Waals surface area contributed by atoms with Crippen molar-refractivity contribution in [1.29, 1.82) is 0 Å². The maximum absolute atomic E-state index is 12.2. The third-order valence-electron chi connectivity index (χ3n) is 5.33. The molecule has 3 rings (SSSR count). The van der Waals surface area contributed by atoms with Crippen molar-refractivity contribution in [2.24, 2.45) is 11.8 Å². The van der Waals surface area contributed by atoms with Gasteiger partial charge in [-0.2, -0.15) is 0 Å². The monoisotopic (exact) mass is 296 g/mol. The number of urea groups is 1. The molecule has 1 aliphatic carbocycles. The first-order chi connectivity index (χ1) is 10.1. The number of rotatable bonds is 2. The van der Waals surface area contributed by atoms with Gasteiger partial charge in [0, 0.05) is 26.2 Å². The number of hydrogen-bond donors (Lipinski definition) is 2. The van der Waals surface area contributed by atoms with Crippen molar-refractivity contribution >= 4 is 6.03 Å². The zero-order chi connectivity index (χ0) is 14.9. The van der Waals surface area contributed by atoms with Gasteiger partial charge in [0.15, 0.2) is 0 Å². The van der Waals surface area contributed by atoms with Gasteiger partial charge in [-0.3, -0.25) is 0 Å². The van der Waals surface area contributed by atoms with Crippen molar-refractivity contribution in [2.75, 3.05) is 26.2 Å². The summed E-state index contributed by atoms with van der Waals surface area (Å²) in [5.41, 5.74) is 0.142. The van der Waals surface area contributed by atoms with Crippen molar-refractivity contribution in [1.82, 2.24) is 10.2 Å². The third-order valence-corrected chi connectivity index (χ3v) is 5.33. The summed E-state index contributed by atoms with van der Waals surface area (Å²) >= 11 is 0. The molecular formula is C16H28N2O3. The van der Waals surface area contributed by atoms with Crippen LogP contribution in [0.5, 0.6) is 0 Å². The number of ether oxygens (including phenoxy) is 1. The van der Waals surface area contributed by atoms with E-state index in [9.17, 15) is 9.90 Å². The first-order valence-corrected chi connectivity index (χ1v) is 8.41. The predicted molar refractivity (Wildman–Crippen MR) is 80.0 cm³/mol. The van der Waals surface area contributed by atoms with E-state index in [1.165, 1.54) is 19.3 Å². The lowest BCUT2D eigenvalue weighted by Gasteiger charge is -2.47. The molecule has 2 heterocycles. The summed E-state index contributed by atoms with van der Waals surface area (Å²) in [6.45, 7) is 4.88. The molecule has 5 heteroatoms. The molecule has 3 aliphatic rings. The molecule has 2 aliphatic heterocycles. The van der Waals surface area contributed by atoms with E-state index in [0.717, 1.165) is 39.0 Å². The van der Waals surface area contributed by atoms with Crippen LogP contribution < -0.4 is 5.32 Å². The second-order valence-electron chi connectivity index (χ2n) is 7.33. The number of aliphatic hydroxyl groups is 1. The standard InChI is InChI=1S/C16H28N2O3/c1-12-7-14(19)11-18(10-12)15(20)17-9-13-3-6-21-16(8-13)4-2-5-16/h12-14,19H,2-11H2,1H3,(H,17,20)/t12-,13?,14+/m1/s1. The van der Waals surface area contributed by atoms with Crippen LogP contribution in [-0.4, -0.2) is 54.0 Å². The van der Waals surface area contributed by atoms with Gasteiger partial charge in [-0.1, -0.05) is 6.92 Å². The van der Waals surface area contributed by atoms with Crippen molar-refractivity contribution in [2.45, 2.75) is 57.2 Å². The van der Waals surface area contributed by atoms with E-state index in [4.69, 9.17) is 4.74 Å². The first-order valence-electron chi connectivity index (χ1n) is 8.41. The van der Waals surface area contributed by atoms with E-state index in [-0.39, 0.29) is 17.7 Å². The zero-order valence-corrected chi connectivity index (χ0v) is 13.0. The summed E-state index contributed by atoms with van der Waals surface area (Å²) in [4.78, 5) is 14.0. The Bertz CT molecular complexity index is 374. The average molecular weight is 296 g/mol. The molecule has 2 N–H and O–H groups in total. The highest BCUT2D eigenvalue weighted by Crippen LogP contribution is 2.44. The molecule has 0 bridgehead atoms. The van der Waals surface area contributed by atoms with E-state index in [2.05, 4.69) is 12.2 Å². The van der Waals surface area contributed by atoms with Crippen LogP contribution in [0.3, 0.4) is 0 Å². The molecule has 3 fully saturated rings. The number of nitrogens with zero attached hydrogens (tertiary/aromatic N) is 1. The van der Waals surface area contributed by atoms with Crippen LogP contribution in [0.4, 0.5) is 4.79 Å². The lowest BCUT2D eigenvalue weighted by molar-refractivity contribution is -0.142. The van der Waals surface area contributed by atoms with Gasteiger partial charge >= 0.3 is 6.03 Å². The van der Waals surface area contributed by atoms with Crippen LogP contribution >= 0.6 is 0 Å². The number of piperidine rings is 1. The molecule has 2 amide bonds. The van der Waals surface area contributed by atoms with Crippen LogP contribution in [-0.2, 0) is 4.74 Å². The number of β-amino-alcohol motifs (C(OH)–C–C–N with tert-alkyl or cyclic N) is 1.